The van der Waals surface area contributed by atoms with E-state index >= 15 is 0 Å². The number of nitrogens with zero attached hydrogens (tertiary/aromatic N) is 1. The average Bonchev–Trinajstić information content (AvgIpc) is 2.66. The van der Waals surface area contributed by atoms with Crippen molar-refractivity contribution in [2.24, 2.45) is 5.73 Å². The van der Waals surface area contributed by atoms with Crippen LogP contribution in [0.25, 0.3) is 16.4 Å². The number of carbonyl (C=O) groups is 1. The van der Waals surface area contributed by atoms with E-state index in [9.17, 15) is 4.79 Å². The molecule has 0 atom stereocenters. The van der Waals surface area contributed by atoms with Gasteiger partial charge in [-0.05, 0) is 30.3 Å². The van der Waals surface area contributed by atoms with Crippen LogP contribution in [0.1, 0.15) is 10.4 Å². The van der Waals surface area contributed by atoms with Crippen LogP contribution in [0.3, 0.4) is 0 Å². The SMILES string of the molecule is NC(=O)c1ccc2cc3ccccn3c2c1. The van der Waals surface area contributed by atoms with Crippen molar-refractivity contribution >= 4 is 22.3 Å². The fraction of sp³-hybridized carbons (Fsp3) is 0. The molecule has 3 aromatic rings. The molecule has 0 aliphatic heterocycles. The zero-order valence-electron chi connectivity index (χ0n) is 8.55. The summed E-state index contributed by atoms with van der Waals surface area (Å²) in [6.07, 6.45) is 1.97. The number of pyridine rings is 1. The minimum absolute atomic E-state index is 0.396. The minimum Gasteiger partial charge on any atom is -0.366 e. The number of hydrogen-bond acceptors (Lipinski definition) is 1. The van der Waals surface area contributed by atoms with Crippen LogP contribution in [0.15, 0.2) is 48.7 Å². The van der Waals surface area contributed by atoms with Crippen molar-refractivity contribution in [2.45, 2.75) is 0 Å². The molecule has 3 heteroatoms. The van der Waals surface area contributed by atoms with Gasteiger partial charge in [-0.3, -0.25) is 4.79 Å². The molecule has 3 nitrogen and oxygen atoms in total. The predicted molar refractivity (Wildman–Crippen MR) is 63.4 cm³/mol. The zero-order valence-corrected chi connectivity index (χ0v) is 8.55. The Kier molecular flexibility index (Phi) is 1.74. The van der Waals surface area contributed by atoms with Crippen LogP contribution in [0.4, 0.5) is 0 Å². The molecular weight excluding hydrogens is 200 g/mol. The van der Waals surface area contributed by atoms with Crippen LogP contribution in [0, 0.1) is 0 Å². The zero-order chi connectivity index (χ0) is 11.1. The standard InChI is InChI=1S/C13H10N2O/c14-13(16)10-5-4-9-7-11-3-1-2-6-15(11)12(9)8-10/h1-8H,(H2,14,16). The molecule has 1 amide bonds. The van der Waals surface area contributed by atoms with Gasteiger partial charge in [0.25, 0.3) is 0 Å². The molecule has 0 bridgehead atoms. The third-order valence-electron chi connectivity index (χ3n) is 2.77. The van der Waals surface area contributed by atoms with E-state index in [0.717, 1.165) is 16.4 Å². The maximum Gasteiger partial charge on any atom is 0.248 e. The Labute approximate surface area is 92.1 Å². The maximum absolute atomic E-state index is 11.1. The number of carbonyl (C=O) groups excluding carboxylic acids is 1. The largest absolute Gasteiger partial charge is 0.366 e. The Hall–Kier alpha value is -2.29. The summed E-state index contributed by atoms with van der Waals surface area (Å²) in [7, 11) is 0. The summed E-state index contributed by atoms with van der Waals surface area (Å²) in [5.41, 5.74) is 7.92. The molecule has 0 aliphatic rings. The highest BCUT2D eigenvalue weighted by molar-refractivity contribution is 5.98. The minimum atomic E-state index is -0.396. The van der Waals surface area contributed by atoms with Crippen molar-refractivity contribution in [1.29, 1.82) is 0 Å². The van der Waals surface area contributed by atoms with Gasteiger partial charge in [-0.2, -0.15) is 0 Å². The molecule has 0 aliphatic carbocycles. The van der Waals surface area contributed by atoms with E-state index in [0.29, 0.717) is 5.56 Å². The summed E-state index contributed by atoms with van der Waals surface area (Å²) in [6.45, 7) is 0. The number of rotatable bonds is 1. The molecule has 3 rings (SSSR count). The van der Waals surface area contributed by atoms with Crippen LogP contribution in [-0.4, -0.2) is 10.3 Å². The highest BCUT2D eigenvalue weighted by Gasteiger charge is 2.05. The first-order valence-corrected chi connectivity index (χ1v) is 5.05. The molecule has 2 N–H and O–H groups in total. The monoisotopic (exact) mass is 210 g/mol. The molecule has 0 saturated carbocycles. The number of primary amides is 1. The number of hydrogen-bond donors (Lipinski definition) is 1. The van der Waals surface area contributed by atoms with Crippen LogP contribution in [0.5, 0.6) is 0 Å². The summed E-state index contributed by atoms with van der Waals surface area (Å²) in [5, 5.41) is 1.11. The Balaban J connectivity index is 2.44. The average molecular weight is 210 g/mol. The van der Waals surface area contributed by atoms with Crippen molar-refractivity contribution < 1.29 is 4.79 Å². The second kappa shape index (κ2) is 3.10. The topological polar surface area (TPSA) is 47.5 Å². The smallest absolute Gasteiger partial charge is 0.248 e. The van der Waals surface area contributed by atoms with E-state index in [1.54, 1.807) is 6.07 Å². The molecule has 78 valence electrons. The third kappa shape index (κ3) is 1.18. The van der Waals surface area contributed by atoms with E-state index in [-0.39, 0.29) is 0 Å². The van der Waals surface area contributed by atoms with Gasteiger partial charge in [0.1, 0.15) is 0 Å². The summed E-state index contributed by atoms with van der Waals surface area (Å²) in [6, 6.07) is 13.6. The number of aromatic nitrogens is 1. The van der Waals surface area contributed by atoms with Crippen molar-refractivity contribution in [3.05, 3.63) is 54.2 Å². The molecular formula is C13H10N2O. The maximum atomic E-state index is 11.1. The molecule has 2 aromatic heterocycles. The number of fused-ring (bicyclic) bond motifs is 3. The van der Waals surface area contributed by atoms with Crippen LogP contribution in [-0.2, 0) is 0 Å². The summed E-state index contributed by atoms with van der Waals surface area (Å²) >= 11 is 0. The molecule has 0 unspecified atom stereocenters. The van der Waals surface area contributed by atoms with Gasteiger partial charge in [-0.15, -0.1) is 0 Å². The molecule has 0 radical (unpaired) electrons. The number of amides is 1. The van der Waals surface area contributed by atoms with Gasteiger partial charge in [0.05, 0.1) is 5.52 Å². The van der Waals surface area contributed by atoms with E-state index in [2.05, 4.69) is 6.07 Å². The van der Waals surface area contributed by atoms with Crippen LogP contribution in [0.2, 0.25) is 0 Å². The lowest BCUT2D eigenvalue weighted by Crippen LogP contribution is -2.10. The third-order valence-corrected chi connectivity index (χ3v) is 2.77. The van der Waals surface area contributed by atoms with Crippen molar-refractivity contribution in [3.8, 4) is 0 Å². The van der Waals surface area contributed by atoms with Gasteiger partial charge < -0.3 is 10.1 Å². The Morgan fingerprint density at radius 1 is 1.12 bits per heavy atom. The summed E-state index contributed by atoms with van der Waals surface area (Å²) in [5.74, 6) is -0.396. The molecule has 2 heterocycles. The lowest BCUT2D eigenvalue weighted by Gasteiger charge is -1.98. The summed E-state index contributed by atoms with van der Waals surface area (Å²) < 4.78 is 2.04. The molecule has 0 fully saturated rings. The Bertz CT molecular complexity index is 697. The fourth-order valence-corrected chi connectivity index (χ4v) is 1.98. The Morgan fingerprint density at radius 2 is 2.00 bits per heavy atom. The van der Waals surface area contributed by atoms with Gasteiger partial charge in [0.15, 0.2) is 0 Å². The van der Waals surface area contributed by atoms with Gasteiger partial charge in [-0.25, -0.2) is 0 Å². The lowest BCUT2D eigenvalue weighted by atomic mass is 10.1. The second-order valence-corrected chi connectivity index (χ2v) is 3.78. The van der Waals surface area contributed by atoms with Crippen LogP contribution < -0.4 is 5.73 Å². The second-order valence-electron chi connectivity index (χ2n) is 3.78. The molecule has 1 aromatic carbocycles. The number of nitrogens with two attached hydrogens (primary N) is 1. The van der Waals surface area contributed by atoms with Gasteiger partial charge in [0.2, 0.25) is 5.91 Å². The predicted octanol–water partition coefficient (Wildman–Crippen LogP) is 2.19. The number of benzene rings is 1. The van der Waals surface area contributed by atoms with E-state index in [1.165, 1.54) is 0 Å². The van der Waals surface area contributed by atoms with E-state index < -0.39 is 5.91 Å². The first-order valence-electron chi connectivity index (χ1n) is 5.05. The van der Waals surface area contributed by atoms with Gasteiger partial charge in [-0.1, -0.05) is 12.1 Å². The fourth-order valence-electron chi connectivity index (χ4n) is 1.98. The van der Waals surface area contributed by atoms with Crippen molar-refractivity contribution in [3.63, 3.8) is 0 Å². The van der Waals surface area contributed by atoms with E-state index in [4.69, 9.17) is 5.73 Å². The van der Waals surface area contributed by atoms with Gasteiger partial charge >= 0.3 is 0 Å². The normalized spacial score (nSPS) is 11.0. The van der Waals surface area contributed by atoms with Crippen LogP contribution >= 0.6 is 0 Å². The first kappa shape index (κ1) is 8.97. The quantitative estimate of drug-likeness (QED) is 0.657. The van der Waals surface area contributed by atoms with Crippen molar-refractivity contribution in [2.75, 3.05) is 0 Å². The molecule has 0 saturated heterocycles. The Morgan fingerprint density at radius 3 is 2.81 bits per heavy atom. The highest BCUT2D eigenvalue weighted by atomic mass is 16.1. The lowest BCUT2D eigenvalue weighted by molar-refractivity contribution is 0.100. The summed E-state index contributed by atoms with van der Waals surface area (Å²) in [4.78, 5) is 11.1. The van der Waals surface area contributed by atoms with Crippen molar-refractivity contribution in [1.82, 2.24) is 4.40 Å². The first-order chi connectivity index (χ1) is 7.75. The van der Waals surface area contributed by atoms with E-state index in [1.807, 2.05) is 40.9 Å². The highest BCUT2D eigenvalue weighted by Crippen LogP contribution is 2.21. The van der Waals surface area contributed by atoms with Gasteiger partial charge in [0, 0.05) is 22.7 Å². The molecule has 0 spiro atoms. The molecule has 16 heavy (non-hydrogen) atoms.